The Morgan fingerprint density at radius 2 is 1.72 bits per heavy atom. The van der Waals surface area contributed by atoms with Crippen LogP contribution in [0.15, 0.2) is 88.8 Å². The lowest BCUT2D eigenvalue weighted by Crippen LogP contribution is -2.36. The molecule has 3 aromatic carbocycles. The summed E-state index contributed by atoms with van der Waals surface area (Å²) < 4.78 is 1.73. The van der Waals surface area contributed by atoms with Crippen LogP contribution in [0.1, 0.15) is 34.2 Å². The molecule has 9 nitrogen and oxygen atoms in total. The Labute approximate surface area is 208 Å². The van der Waals surface area contributed by atoms with Gasteiger partial charge in [-0.2, -0.15) is 0 Å². The smallest absolute Gasteiger partial charge is 0.258 e. The van der Waals surface area contributed by atoms with Gasteiger partial charge >= 0.3 is 0 Å². The van der Waals surface area contributed by atoms with Gasteiger partial charge in [0.25, 0.3) is 5.91 Å². The normalized spacial score (nSPS) is 12.4. The van der Waals surface area contributed by atoms with Gasteiger partial charge in [0.15, 0.2) is 11.4 Å². The number of imidazole rings is 1. The lowest BCUT2D eigenvalue weighted by molar-refractivity contribution is 0.0976. The number of hydrogen-bond acceptors (Lipinski definition) is 5. The Kier molecular flexibility index (Phi) is 7.53. The summed E-state index contributed by atoms with van der Waals surface area (Å²) in [7, 11) is 0. The number of benzene rings is 3. The number of nitrogens with one attached hydrogen (secondary N) is 1. The summed E-state index contributed by atoms with van der Waals surface area (Å²) >= 11 is 0. The minimum atomic E-state index is -1.60. The Bertz CT molecular complexity index is 1360. The number of guanidine groups is 1. The van der Waals surface area contributed by atoms with E-state index in [1.807, 2.05) is 67.6 Å². The van der Waals surface area contributed by atoms with Crippen molar-refractivity contribution >= 4 is 29.2 Å². The molecule has 1 aromatic heterocycles. The Balaban J connectivity index is 1.84. The number of aliphatic hydroxyl groups excluding tert-OH is 1. The number of amides is 1. The zero-order valence-corrected chi connectivity index (χ0v) is 19.9. The first-order valence-corrected chi connectivity index (χ1v) is 11.6. The molecule has 1 heterocycles. The first-order valence-electron chi connectivity index (χ1n) is 11.6. The molecule has 0 aliphatic heterocycles. The van der Waals surface area contributed by atoms with Gasteiger partial charge in [-0.3, -0.25) is 15.1 Å². The summed E-state index contributed by atoms with van der Waals surface area (Å²) in [6.07, 6.45) is 1.29. The van der Waals surface area contributed by atoms with E-state index in [9.17, 15) is 15.0 Å². The molecule has 0 spiro atoms. The quantitative estimate of drug-likeness (QED) is 0.225. The molecule has 4 rings (SSSR count). The third kappa shape index (κ3) is 4.88. The van der Waals surface area contributed by atoms with E-state index in [1.54, 1.807) is 22.8 Å². The van der Waals surface area contributed by atoms with E-state index >= 15 is 0 Å². The number of fused-ring (bicyclic) bond motifs is 1. The first-order chi connectivity index (χ1) is 17.5. The van der Waals surface area contributed by atoms with E-state index < -0.39 is 11.5 Å². The van der Waals surface area contributed by atoms with Gasteiger partial charge in [-0.15, -0.1) is 0 Å². The molecule has 0 saturated heterocycles. The minimum absolute atomic E-state index is 0.0793. The van der Waals surface area contributed by atoms with Gasteiger partial charge in [-0.25, -0.2) is 9.98 Å². The summed E-state index contributed by atoms with van der Waals surface area (Å²) in [5.74, 6) is -0.203. The van der Waals surface area contributed by atoms with Gasteiger partial charge in [0.2, 0.25) is 5.96 Å². The maximum Gasteiger partial charge on any atom is 0.258 e. The summed E-state index contributed by atoms with van der Waals surface area (Å²) in [6, 6.07) is 23.4. The number of aliphatic hydroxyl groups is 2. The zero-order valence-electron chi connectivity index (χ0n) is 19.9. The van der Waals surface area contributed by atoms with E-state index in [0.29, 0.717) is 40.1 Å². The highest BCUT2D eigenvalue weighted by atomic mass is 16.3. The van der Waals surface area contributed by atoms with Crippen molar-refractivity contribution in [3.05, 3.63) is 101 Å². The SMILES string of the molecule is CCN=CN=C(N)NC(=O)c1ccc2nc(C(O)(c3ccccc3)c3ccccc3)n(CCO)c2c1. The number of hydrogen-bond donors (Lipinski definition) is 4. The third-order valence-corrected chi connectivity index (χ3v) is 5.74. The van der Waals surface area contributed by atoms with Crippen LogP contribution in [-0.2, 0) is 12.1 Å². The molecule has 36 heavy (non-hydrogen) atoms. The average Bonchev–Trinajstić information content (AvgIpc) is 3.27. The zero-order chi connectivity index (χ0) is 25.5. The third-order valence-electron chi connectivity index (χ3n) is 5.74. The van der Waals surface area contributed by atoms with Crippen molar-refractivity contribution in [3.8, 4) is 0 Å². The average molecular weight is 485 g/mol. The largest absolute Gasteiger partial charge is 0.395 e. The van der Waals surface area contributed by atoms with E-state index in [4.69, 9.17) is 10.7 Å². The molecule has 0 fully saturated rings. The van der Waals surface area contributed by atoms with Crippen molar-refractivity contribution in [2.75, 3.05) is 13.2 Å². The molecular formula is C27H28N6O3. The molecule has 0 bridgehead atoms. The molecule has 1 amide bonds. The molecule has 0 aliphatic rings. The fraction of sp³-hybridized carbons (Fsp3) is 0.185. The van der Waals surface area contributed by atoms with E-state index in [-0.39, 0.29) is 19.1 Å². The van der Waals surface area contributed by atoms with Crippen LogP contribution in [0.4, 0.5) is 0 Å². The molecule has 4 aromatic rings. The highest BCUT2D eigenvalue weighted by molar-refractivity contribution is 6.07. The van der Waals surface area contributed by atoms with Crippen LogP contribution < -0.4 is 11.1 Å². The molecule has 0 unspecified atom stereocenters. The van der Waals surface area contributed by atoms with E-state index in [0.717, 1.165) is 0 Å². The Morgan fingerprint density at radius 1 is 1.08 bits per heavy atom. The van der Waals surface area contributed by atoms with Gasteiger partial charge in [-0.1, -0.05) is 60.7 Å². The number of carbonyl (C=O) groups excluding carboxylic acids is 1. The van der Waals surface area contributed by atoms with Gasteiger partial charge in [0.1, 0.15) is 6.34 Å². The number of carbonyl (C=O) groups is 1. The molecule has 5 N–H and O–H groups in total. The standard InChI is InChI=1S/C27H28N6O3/c1-2-29-18-30-26(28)32-24(35)19-13-14-22-23(17-19)33(15-16-34)25(31-22)27(36,20-9-5-3-6-10-20)21-11-7-4-8-12-21/h3-14,17-18,34,36H,2,15-16H2,1H3,(H3,28,29,30,32,35). The molecule has 0 saturated carbocycles. The maximum atomic E-state index is 12.8. The number of rotatable bonds is 8. The van der Waals surface area contributed by atoms with Crippen LogP contribution in [0.3, 0.4) is 0 Å². The molecular weight excluding hydrogens is 456 g/mol. The van der Waals surface area contributed by atoms with Gasteiger partial charge in [0, 0.05) is 18.7 Å². The number of aliphatic imine (C=N–C) groups is 2. The highest BCUT2D eigenvalue weighted by Crippen LogP contribution is 2.37. The van der Waals surface area contributed by atoms with Crippen LogP contribution in [0.2, 0.25) is 0 Å². The lowest BCUT2D eigenvalue weighted by atomic mass is 9.85. The fourth-order valence-electron chi connectivity index (χ4n) is 4.06. The van der Waals surface area contributed by atoms with E-state index in [2.05, 4.69) is 15.3 Å². The van der Waals surface area contributed by atoms with Crippen LogP contribution in [0, 0.1) is 0 Å². The topological polar surface area (TPSA) is 138 Å². The second kappa shape index (κ2) is 10.9. The van der Waals surface area contributed by atoms with Crippen LogP contribution in [-0.4, -0.2) is 51.1 Å². The molecule has 9 heteroatoms. The molecule has 0 atom stereocenters. The van der Waals surface area contributed by atoms with Crippen molar-refractivity contribution in [2.45, 2.75) is 19.1 Å². The number of nitrogens with two attached hydrogens (primary N) is 1. The van der Waals surface area contributed by atoms with Gasteiger partial charge in [0.05, 0.1) is 17.6 Å². The summed E-state index contributed by atoms with van der Waals surface area (Å²) in [4.78, 5) is 25.4. The molecule has 0 radical (unpaired) electrons. The summed E-state index contributed by atoms with van der Waals surface area (Å²) in [6.45, 7) is 2.38. The predicted molar refractivity (Wildman–Crippen MR) is 140 cm³/mol. The van der Waals surface area contributed by atoms with Crippen LogP contribution in [0.5, 0.6) is 0 Å². The van der Waals surface area contributed by atoms with E-state index in [1.165, 1.54) is 6.34 Å². The highest BCUT2D eigenvalue weighted by Gasteiger charge is 2.39. The second-order valence-electron chi connectivity index (χ2n) is 8.04. The second-order valence-corrected chi connectivity index (χ2v) is 8.04. The monoisotopic (exact) mass is 484 g/mol. The van der Waals surface area contributed by atoms with Crippen molar-refractivity contribution in [2.24, 2.45) is 15.7 Å². The van der Waals surface area contributed by atoms with Crippen molar-refractivity contribution in [1.82, 2.24) is 14.9 Å². The predicted octanol–water partition coefficient (Wildman–Crippen LogP) is 2.41. The van der Waals surface area contributed by atoms with Gasteiger partial charge in [-0.05, 0) is 36.2 Å². The summed E-state index contributed by atoms with van der Waals surface area (Å²) in [5, 5.41) is 24.6. The Morgan fingerprint density at radius 3 is 2.31 bits per heavy atom. The number of aromatic nitrogens is 2. The van der Waals surface area contributed by atoms with Crippen molar-refractivity contribution in [3.63, 3.8) is 0 Å². The van der Waals surface area contributed by atoms with Crippen LogP contribution in [0.25, 0.3) is 11.0 Å². The fourth-order valence-corrected chi connectivity index (χ4v) is 4.06. The molecule has 0 aliphatic carbocycles. The van der Waals surface area contributed by atoms with Crippen molar-refractivity contribution < 1.29 is 15.0 Å². The summed E-state index contributed by atoms with van der Waals surface area (Å²) in [5.41, 5.74) is 6.90. The maximum absolute atomic E-state index is 12.8. The van der Waals surface area contributed by atoms with Crippen LogP contribution >= 0.6 is 0 Å². The Hall–Kier alpha value is -4.34. The first kappa shape index (κ1) is 24.8. The van der Waals surface area contributed by atoms with Gasteiger partial charge < -0.3 is 20.5 Å². The van der Waals surface area contributed by atoms with Crippen molar-refractivity contribution in [1.29, 1.82) is 0 Å². The lowest BCUT2D eigenvalue weighted by Gasteiger charge is -2.29. The molecule has 184 valence electrons. The minimum Gasteiger partial charge on any atom is -0.395 e. The number of nitrogens with zero attached hydrogens (tertiary/aromatic N) is 4.